The summed E-state index contributed by atoms with van der Waals surface area (Å²) in [6.07, 6.45) is 2.36. The van der Waals surface area contributed by atoms with Gasteiger partial charge in [0, 0.05) is 39.0 Å². The Morgan fingerprint density at radius 2 is 1.96 bits per heavy atom. The van der Waals surface area contributed by atoms with Crippen molar-refractivity contribution in [1.29, 1.82) is 0 Å². The van der Waals surface area contributed by atoms with Crippen molar-refractivity contribution >= 4 is 23.3 Å². The Balaban J connectivity index is 1.77. The minimum absolute atomic E-state index is 0.152. The van der Waals surface area contributed by atoms with Crippen LogP contribution in [0, 0.1) is 0 Å². The van der Waals surface area contributed by atoms with Crippen LogP contribution >= 0.6 is 11.6 Å². The highest BCUT2D eigenvalue weighted by molar-refractivity contribution is 6.32. The molecule has 0 aliphatic carbocycles. The fraction of sp³-hybridized carbons (Fsp3) is 0.650. The first-order chi connectivity index (χ1) is 13.4. The Labute approximate surface area is 173 Å². The van der Waals surface area contributed by atoms with E-state index in [9.17, 15) is 4.79 Å². The molecule has 0 radical (unpaired) electrons. The number of benzene rings is 1. The van der Waals surface area contributed by atoms with Crippen LogP contribution in [0.2, 0.25) is 5.02 Å². The molecule has 0 aromatic heterocycles. The van der Waals surface area contributed by atoms with Gasteiger partial charge < -0.3 is 29.5 Å². The van der Waals surface area contributed by atoms with Crippen molar-refractivity contribution in [2.24, 2.45) is 0 Å². The van der Waals surface area contributed by atoms with Crippen molar-refractivity contribution in [3.63, 3.8) is 0 Å². The lowest BCUT2D eigenvalue weighted by atomic mass is 10.0. The molecular formula is C20H33ClN4O3. The summed E-state index contributed by atoms with van der Waals surface area (Å²) >= 11 is 6.23. The molecule has 8 heteroatoms. The number of nitrogens with zero attached hydrogens (tertiary/aromatic N) is 3. The van der Waals surface area contributed by atoms with E-state index < -0.39 is 0 Å². The van der Waals surface area contributed by atoms with Crippen LogP contribution in [-0.2, 0) is 4.74 Å². The average Bonchev–Trinajstić information content (AvgIpc) is 2.68. The molecular weight excluding hydrogens is 380 g/mol. The number of halogens is 1. The normalized spacial score (nSPS) is 15.6. The summed E-state index contributed by atoms with van der Waals surface area (Å²) in [7, 11) is 7.73. The molecule has 1 heterocycles. The summed E-state index contributed by atoms with van der Waals surface area (Å²) in [4.78, 5) is 18.9. The number of amides is 2. The van der Waals surface area contributed by atoms with Gasteiger partial charge in [-0.05, 0) is 58.2 Å². The maximum Gasteiger partial charge on any atom is 0.321 e. The van der Waals surface area contributed by atoms with E-state index in [1.165, 1.54) is 12.8 Å². The molecule has 0 atom stereocenters. The summed E-state index contributed by atoms with van der Waals surface area (Å²) in [6.45, 7) is 4.71. The lowest BCUT2D eigenvalue weighted by Crippen LogP contribution is -2.45. The Bertz CT molecular complexity index is 623. The zero-order chi connectivity index (χ0) is 20.5. The van der Waals surface area contributed by atoms with Crippen molar-refractivity contribution in [2.45, 2.75) is 18.9 Å². The molecule has 1 N–H and O–H groups in total. The first-order valence-electron chi connectivity index (χ1n) is 9.73. The van der Waals surface area contributed by atoms with E-state index in [4.69, 9.17) is 21.1 Å². The van der Waals surface area contributed by atoms with Gasteiger partial charge in [0.25, 0.3) is 0 Å². The minimum Gasteiger partial charge on any atom is -0.490 e. The SMILES string of the molecule is COCCOc1ccc(NC(=O)N(C)CCN(C)C2CCN(C)CC2)cc1Cl. The van der Waals surface area contributed by atoms with Crippen LogP contribution < -0.4 is 10.1 Å². The second-order valence-electron chi connectivity index (χ2n) is 7.35. The van der Waals surface area contributed by atoms with E-state index in [1.54, 1.807) is 30.2 Å². The zero-order valence-corrected chi connectivity index (χ0v) is 18.2. The van der Waals surface area contributed by atoms with Gasteiger partial charge in [-0.2, -0.15) is 0 Å². The Morgan fingerprint density at radius 3 is 2.61 bits per heavy atom. The third kappa shape index (κ3) is 7.13. The molecule has 1 aromatic carbocycles. The van der Waals surface area contributed by atoms with Crippen LogP contribution in [0.1, 0.15) is 12.8 Å². The fourth-order valence-electron chi connectivity index (χ4n) is 3.18. The van der Waals surface area contributed by atoms with Gasteiger partial charge in [-0.1, -0.05) is 11.6 Å². The van der Waals surface area contributed by atoms with Crippen LogP contribution in [0.5, 0.6) is 5.75 Å². The molecule has 158 valence electrons. The number of rotatable bonds is 9. The molecule has 1 aliphatic rings. The molecule has 2 amide bonds. The lowest BCUT2D eigenvalue weighted by molar-refractivity contribution is 0.136. The highest BCUT2D eigenvalue weighted by Gasteiger charge is 2.21. The van der Waals surface area contributed by atoms with E-state index in [2.05, 4.69) is 29.2 Å². The van der Waals surface area contributed by atoms with Gasteiger partial charge in [-0.3, -0.25) is 0 Å². The number of carbonyl (C=O) groups is 1. The minimum atomic E-state index is -0.152. The van der Waals surface area contributed by atoms with E-state index in [0.29, 0.717) is 42.3 Å². The molecule has 1 fully saturated rings. The second-order valence-corrected chi connectivity index (χ2v) is 7.76. The van der Waals surface area contributed by atoms with Crippen molar-refractivity contribution in [1.82, 2.24) is 14.7 Å². The number of likely N-dealkylation sites (tertiary alicyclic amines) is 1. The summed E-state index contributed by atoms with van der Waals surface area (Å²) in [6, 6.07) is 5.67. The number of hydrogen-bond donors (Lipinski definition) is 1. The summed E-state index contributed by atoms with van der Waals surface area (Å²) < 4.78 is 10.5. The van der Waals surface area contributed by atoms with E-state index in [-0.39, 0.29) is 6.03 Å². The van der Waals surface area contributed by atoms with Gasteiger partial charge >= 0.3 is 6.03 Å². The Morgan fingerprint density at radius 1 is 1.25 bits per heavy atom. The maximum atomic E-state index is 12.5. The number of methoxy groups -OCH3 is 1. The predicted molar refractivity (Wildman–Crippen MR) is 114 cm³/mol. The number of piperidine rings is 1. The zero-order valence-electron chi connectivity index (χ0n) is 17.4. The molecule has 7 nitrogen and oxygen atoms in total. The predicted octanol–water partition coefficient (Wildman–Crippen LogP) is 2.85. The molecule has 0 saturated carbocycles. The molecule has 2 rings (SSSR count). The topological polar surface area (TPSA) is 57.3 Å². The third-order valence-electron chi connectivity index (χ3n) is 5.17. The number of carbonyl (C=O) groups excluding carboxylic acids is 1. The van der Waals surface area contributed by atoms with Gasteiger partial charge in [-0.25, -0.2) is 4.79 Å². The maximum absolute atomic E-state index is 12.5. The molecule has 1 saturated heterocycles. The average molecular weight is 413 g/mol. The lowest BCUT2D eigenvalue weighted by Gasteiger charge is -2.35. The molecule has 0 bridgehead atoms. The summed E-state index contributed by atoms with van der Waals surface area (Å²) in [5.41, 5.74) is 0.643. The van der Waals surface area contributed by atoms with E-state index in [0.717, 1.165) is 19.6 Å². The smallest absolute Gasteiger partial charge is 0.321 e. The quantitative estimate of drug-likeness (QED) is 0.632. The van der Waals surface area contributed by atoms with Gasteiger partial charge in [0.1, 0.15) is 12.4 Å². The van der Waals surface area contributed by atoms with Crippen molar-refractivity contribution < 1.29 is 14.3 Å². The molecule has 1 aromatic rings. The number of ether oxygens (including phenoxy) is 2. The standard InChI is InChI=1S/C20H33ClN4O3/c1-23-9-7-17(8-10-23)24(2)11-12-25(3)20(26)22-16-5-6-19(18(21)15-16)28-14-13-27-4/h5-6,15,17H,7-14H2,1-4H3,(H,22,26). The monoisotopic (exact) mass is 412 g/mol. The molecule has 0 spiro atoms. The van der Waals surface area contributed by atoms with Crippen LogP contribution in [0.25, 0.3) is 0 Å². The van der Waals surface area contributed by atoms with Crippen LogP contribution in [0.15, 0.2) is 18.2 Å². The summed E-state index contributed by atoms with van der Waals surface area (Å²) in [5.74, 6) is 0.574. The molecule has 28 heavy (non-hydrogen) atoms. The summed E-state index contributed by atoms with van der Waals surface area (Å²) in [5, 5.41) is 3.34. The van der Waals surface area contributed by atoms with Crippen molar-refractivity contribution in [3.8, 4) is 5.75 Å². The first-order valence-corrected chi connectivity index (χ1v) is 10.1. The Kier molecular flexibility index (Phi) is 9.31. The second kappa shape index (κ2) is 11.5. The number of anilines is 1. The van der Waals surface area contributed by atoms with Crippen LogP contribution in [-0.4, -0.2) is 94.4 Å². The Hall–Kier alpha value is -1.54. The van der Waals surface area contributed by atoms with E-state index >= 15 is 0 Å². The number of hydrogen-bond acceptors (Lipinski definition) is 5. The van der Waals surface area contributed by atoms with E-state index in [1.807, 2.05) is 7.05 Å². The van der Waals surface area contributed by atoms with Gasteiger partial charge in [0.05, 0.1) is 11.6 Å². The number of urea groups is 1. The van der Waals surface area contributed by atoms with Crippen molar-refractivity contribution in [2.75, 3.05) is 73.0 Å². The highest BCUT2D eigenvalue weighted by Crippen LogP contribution is 2.27. The first kappa shape index (κ1) is 22.7. The highest BCUT2D eigenvalue weighted by atomic mass is 35.5. The van der Waals surface area contributed by atoms with Crippen LogP contribution in [0.3, 0.4) is 0 Å². The van der Waals surface area contributed by atoms with Gasteiger partial charge in [-0.15, -0.1) is 0 Å². The molecule has 0 unspecified atom stereocenters. The number of likely N-dealkylation sites (N-methyl/N-ethyl adjacent to an activating group) is 2. The number of nitrogens with one attached hydrogen (secondary N) is 1. The van der Waals surface area contributed by atoms with Crippen LogP contribution in [0.4, 0.5) is 10.5 Å². The fourth-order valence-corrected chi connectivity index (χ4v) is 3.41. The van der Waals surface area contributed by atoms with Gasteiger partial charge in [0.15, 0.2) is 0 Å². The molecule has 1 aliphatic heterocycles. The largest absolute Gasteiger partial charge is 0.490 e. The van der Waals surface area contributed by atoms with Crippen molar-refractivity contribution in [3.05, 3.63) is 23.2 Å². The van der Waals surface area contributed by atoms with Gasteiger partial charge in [0.2, 0.25) is 0 Å². The third-order valence-corrected chi connectivity index (χ3v) is 5.47.